The van der Waals surface area contributed by atoms with E-state index in [1.807, 2.05) is 12.1 Å². The van der Waals surface area contributed by atoms with Crippen LogP contribution in [0, 0.1) is 0 Å². The third-order valence-electron chi connectivity index (χ3n) is 3.48. The predicted molar refractivity (Wildman–Crippen MR) is 94.3 cm³/mol. The summed E-state index contributed by atoms with van der Waals surface area (Å²) >= 11 is 5.98. The van der Waals surface area contributed by atoms with Crippen molar-refractivity contribution in [1.82, 2.24) is 4.98 Å². The van der Waals surface area contributed by atoms with Gasteiger partial charge >= 0.3 is 0 Å². The number of hydrogen-bond donors (Lipinski definition) is 0. The van der Waals surface area contributed by atoms with E-state index in [1.54, 1.807) is 48.5 Å². The molecule has 0 aliphatic carbocycles. The fraction of sp³-hybridized carbons (Fsp3) is 0.0556. The molecule has 2 aromatic carbocycles. The van der Waals surface area contributed by atoms with Crippen molar-refractivity contribution >= 4 is 37.9 Å². The molecule has 0 saturated carbocycles. The quantitative estimate of drug-likeness (QED) is 0.706. The van der Waals surface area contributed by atoms with Crippen molar-refractivity contribution in [1.29, 1.82) is 0 Å². The molecule has 0 saturated heterocycles. The second-order valence-electron chi connectivity index (χ2n) is 5.21. The largest absolute Gasteiger partial charge is 0.248 e. The van der Waals surface area contributed by atoms with Gasteiger partial charge in [0.05, 0.1) is 21.9 Å². The summed E-state index contributed by atoms with van der Waals surface area (Å²) in [5.41, 5.74) is 1.73. The third kappa shape index (κ3) is 3.44. The fourth-order valence-corrected chi connectivity index (χ4v) is 3.81. The van der Waals surface area contributed by atoms with Crippen LogP contribution in [0.1, 0.15) is 5.69 Å². The fourth-order valence-electron chi connectivity index (χ4n) is 2.30. The van der Waals surface area contributed by atoms with Gasteiger partial charge in [-0.3, -0.25) is 0 Å². The molecule has 0 N–H and O–H groups in total. The van der Waals surface area contributed by atoms with Crippen LogP contribution in [0.25, 0.3) is 16.5 Å². The minimum atomic E-state index is -3.43. The number of rotatable bonds is 4. The Morgan fingerprint density at radius 2 is 1.74 bits per heavy atom. The van der Waals surface area contributed by atoms with Crippen LogP contribution < -0.4 is 0 Å². The smallest absolute Gasteiger partial charge is 0.182 e. The van der Waals surface area contributed by atoms with Gasteiger partial charge in [-0.2, -0.15) is 0 Å². The van der Waals surface area contributed by atoms with E-state index in [1.165, 1.54) is 0 Å². The van der Waals surface area contributed by atoms with Crippen molar-refractivity contribution in [2.24, 2.45) is 0 Å². The Bertz CT molecular complexity index is 982. The molecule has 23 heavy (non-hydrogen) atoms. The Morgan fingerprint density at radius 3 is 2.48 bits per heavy atom. The first-order chi connectivity index (χ1) is 11.0. The molecule has 0 spiro atoms. The Kier molecular flexibility index (Phi) is 4.20. The Hall–Kier alpha value is -2.17. The molecule has 0 aliphatic heterocycles. The second kappa shape index (κ2) is 6.14. The first-order valence-electron chi connectivity index (χ1n) is 6.98. The maximum atomic E-state index is 12.4. The number of sulfone groups is 1. The van der Waals surface area contributed by atoms with E-state index in [-0.39, 0.29) is 10.6 Å². The van der Waals surface area contributed by atoms with Crippen LogP contribution in [0.2, 0.25) is 5.02 Å². The van der Waals surface area contributed by atoms with Crippen molar-refractivity contribution in [2.45, 2.75) is 4.90 Å². The van der Waals surface area contributed by atoms with Crippen LogP contribution in [-0.2, 0) is 9.84 Å². The van der Waals surface area contributed by atoms with Gasteiger partial charge < -0.3 is 0 Å². The highest BCUT2D eigenvalue weighted by Gasteiger charge is 2.17. The van der Waals surface area contributed by atoms with Crippen molar-refractivity contribution < 1.29 is 8.42 Å². The number of nitrogens with zero attached hydrogens (tertiary/aromatic N) is 1. The van der Waals surface area contributed by atoms with Crippen LogP contribution in [0.4, 0.5) is 0 Å². The highest BCUT2D eigenvalue weighted by atomic mass is 35.5. The van der Waals surface area contributed by atoms with Gasteiger partial charge in [0.15, 0.2) is 9.84 Å². The normalized spacial score (nSPS) is 11.5. The van der Waals surface area contributed by atoms with Crippen molar-refractivity contribution in [3.05, 3.63) is 78.0 Å². The van der Waals surface area contributed by atoms with Crippen LogP contribution >= 0.6 is 11.6 Å². The average molecular weight is 344 g/mol. The lowest BCUT2D eigenvalue weighted by atomic mass is 10.1. The number of aromatic nitrogens is 1. The first kappa shape index (κ1) is 15.7. The Balaban J connectivity index is 1.92. The van der Waals surface area contributed by atoms with Gasteiger partial charge in [0.1, 0.15) is 0 Å². The van der Waals surface area contributed by atoms with E-state index < -0.39 is 9.84 Å². The van der Waals surface area contributed by atoms with E-state index in [4.69, 9.17) is 11.6 Å². The van der Waals surface area contributed by atoms with E-state index in [9.17, 15) is 8.42 Å². The molecule has 116 valence electrons. The van der Waals surface area contributed by atoms with Gasteiger partial charge in [0.25, 0.3) is 0 Å². The topological polar surface area (TPSA) is 47.0 Å². The summed E-state index contributed by atoms with van der Waals surface area (Å²) in [7, 11) is -3.43. The maximum absolute atomic E-state index is 12.4. The minimum absolute atomic E-state index is 0.171. The lowest BCUT2D eigenvalue weighted by Crippen LogP contribution is -2.08. The van der Waals surface area contributed by atoms with Crippen LogP contribution in [0.15, 0.2) is 72.1 Å². The summed E-state index contributed by atoms with van der Waals surface area (Å²) in [6.07, 6.45) is 0. The van der Waals surface area contributed by atoms with Crippen LogP contribution in [-0.4, -0.2) is 19.2 Å². The standard InChI is InChI=1S/C18H14ClNO2S/c1-13(12-23(21,22)16-5-3-2-4-6-16)17-10-8-14-7-9-15(19)11-18(14)20-17/h2-11H,1,12H2. The average Bonchev–Trinajstić information content (AvgIpc) is 2.54. The zero-order valence-corrected chi connectivity index (χ0v) is 13.8. The zero-order valence-electron chi connectivity index (χ0n) is 12.2. The van der Waals surface area contributed by atoms with Crippen LogP contribution in [0.5, 0.6) is 0 Å². The van der Waals surface area contributed by atoms with Gasteiger partial charge in [-0.15, -0.1) is 0 Å². The zero-order chi connectivity index (χ0) is 16.4. The van der Waals surface area contributed by atoms with E-state index >= 15 is 0 Å². The minimum Gasteiger partial charge on any atom is -0.248 e. The van der Waals surface area contributed by atoms with Crippen molar-refractivity contribution in [3.8, 4) is 0 Å². The molecule has 3 rings (SSSR count). The summed E-state index contributed by atoms with van der Waals surface area (Å²) in [6, 6.07) is 17.4. The number of benzene rings is 2. The SMILES string of the molecule is C=C(CS(=O)(=O)c1ccccc1)c1ccc2ccc(Cl)cc2n1. The molecule has 0 atom stereocenters. The molecular formula is C18H14ClNO2S. The molecule has 1 heterocycles. The summed E-state index contributed by atoms with van der Waals surface area (Å²) in [5, 5.41) is 1.53. The molecule has 1 aromatic heterocycles. The van der Waals surface area contributed by atoms with E-state index in [2.05, 4.69) is 11.6 Å². The number of hydrogen-bond acceptors (Lipinski definition) is 3. The van der Waals surface area contributed by atoms with Gasteiger partial charge in [-0.1, -0.05) is 48.5 Å². The second-order valence-corrected chi connectivity index (χ2v) is 7.64. The molecule has 0 amide bonds. The highest BCUT2D eigenvalue weighted by molar-refractivity contribution is 7.91. The number of pyridine rings is 1. The monoisotopic (exact) mass is 343 g/mol. The lowest BCUT2D eigenvalue weighted by Gasteiger charge is -2.08. The molecule has 0 bridgehead atoms. The highest BCUT2D eigenvalue weighted by Crippen LogP contribution is 2.22. The molecule has 0 aliphatic rings. The summed E-state index contributed by atoms with van der Waals surface area (Å²) in [5.74, 6) is -0.171. The molecule has 0 fully saturated rings. The first-order valence-corrected chi connectivity index (χ1v) is 9.01. The summed E-state index contributed by atoms with van der Waals surface area (Å²) < 4.78 is 24.8. The summed E-state index contributed by atoms with van der Waals surface area (Å²) in [6.45, 7) is 3.89. The lowest BCUT2D eigenvalue weighted by molar-refractivity contribution is 0.599. The van der Waals surface area contributed by atoms with E-state index in [0.717, 1.165) is 5.39 Å². The van der Waals surface area contributed by atoms with Crippen molar-refractivity contribution in [2.75, 3.05) is 5.75 Å². The van der Waals surface area contributed by atoms with Gasteiger partial charge in [-0.25, -0.2) is 13.4 Å². The predicted octanol–water partition coefficient (Wildman–Crippen LogP) is 4.38. The maximum Gasteiger partial charge on any atom is 0.182 e. The van der Waals surface area contributed by atoms with Crippen molar-refractivity contribution in [3.63, 3.8) is 0 Å². The van der Waals surface area contributed by atoms with Gasteiger partial charge in [0.2, 0.25) is 0 Å². The molecule has 3 aromatic rings. The molecule has 0 radical (unpaired) electrons. The van der Waals surface area contributed by atoms with E-state index in [0.29, 0.717) is 21.8 Å². The molecular weight excluding hydrogens is 330 g/mol. The van der Waals surface area contributed by atoms with Gasteiger partial charge in [-0.05, 0) is 35.9 Å². The number of halogens is 1. The Morgan fingerprint density at radius 1 is 1.04 bits per heavy atom. The molecule has 5 heteroatoms. The summed E-state index contributed by atoms with van der Waals surface area (Å²) in [4.78, 5) is 4.75. The number of fused-ring (bicyclic) bond motifs is 1. The Labute approximate surface area is 140 Å². The van der Waals surface area contributed by atoms with Crippen LogP contribution in [0.3, 0.4) is 0 Å². The molecule has 3 nitrogen and oxygen atoms in total. The third-order valence-corrected chi connectivity index (χ3v) is 5.44. The van der Waals surface area contributed by atoms with Gasteiger partial charge in [0, 0.05) is 10.4 Å². The molecule has 0 unspecified atom stereocenters.